The first-order valence-corrected chi connectivity index (χ1v) is 23.2. The van der Waals surface area contributed by atoms with Crippen LogP contribution in [-0.2, 0) is 17.8 Å². The molecule has 0 amide bonds. The summed E-state index contributed by atoms with van der Waals surface area (Å²) in [6.45, 7) is 5.67. The molecule has 3 atom stereocenters. The van der Waals surface area contributed by atoms with Gasteiger partial charge in [0.2, 0.25) is 12.0 Å². The van der Waals surface area contributed by atoms with Crippen LogP contribution in [0.1, 0.15) is 16.8 Å². The van der Waals surface area contributed by atoms with Crippen LogP contribution < -0.4 is 23.7 Å². The van der Waals surface area contributed by atoms with Gasteiger partial charge in [-0.3, -0.25) is 4.90 Å². The number of hydrogen-bond donors (Lipinski definition) is 3. The second-order valence-corrected chi connectivity index (χ2v) is 18.0. The molecule has 3 aliphatic rings. The zero-order chi connectivity index (χ0) is 47.3. The smallest absolute Gasteiger partial charge is 0.345 e. The molecule has 4 aromatic carbocycles. The molecule has 0 saturated carbocycles. The monoisotopic (exact) mass is 962 g/mol. The van der Waals surface area contributed by atoms with Crippen LogP contribution in [0.5, 0.6) is 28.9 Å². The van der Waals surface area contributed by atoms with Gasteiger partial charge in [0.1, 0.15) is 72.0 Å². The van der Waals surface area contributed by atoms with Crippen molar-refractivity contribution in [3.63, 3.8) is 0 Å². The first kappa shape index (κ1) is 46.6. The normalized spacial score (nSPS) is 17.1. The Morgan fingerprint density at radius 2 is 1.74 bits per heavy atom. The highest BCUT2D eigenvalue weighted by molar-refractivity contribution is 7.22. The van der Waals surface area contributed by atoms with Crippen molar-refractivity contribution in [2.45, 2.75) is 38.3 Å². The summed E-state index contributed by atoms with van der Waals surface area (Å²) in [6.07, 6.45) is -0.118. The molecular formula is C50H48ClFN6O9S. The number of likely N-dealkylation sites (N-methyl/N-ethyl adjacent to an activating group) is 1. The van der Waals surface area contributed by atoms with Crippen LogP contribution in [0.3, 0.4) is 0 Å². The number of carboxylic acid groups (broad SMARTS) is 1. The van der Waals surface area contributed by atoms with Crippen LogP contribution in [0.15, 0.2) is 97.5 Å². The number of fused-ring (bicyclic) bond motifs is 7. The van der Waals surface area contributed by atoms with Gasteiger partial charge in [0.25, 0.3) is 0 Å². The topological polar surface area (TPSA) is 182 Å². The predicted molar refractivity (Wildman–Crippen MR) is 254 cm³/mol. The van der Waals surface area contributed by atoms with E-state index < -0.39 is 30.9 Å². The minimum atomic E-state index is -1.46. The van der Waals surface area contributed by atoms with Gasteiger partial charge in [-0.1, -0.05) is 29.8 Å². The fraction of sp³-hybridized carbons (Fsp3) is 0.300. The molecule has 352 valence electrons. The number of aliphatic hydroxyl groups excluding tert-OH is 2. The highest BCUT2D eigenvalue weighted by Gasteiger charge is 2.30. The van der Waals surface area contributed by atoms with Crippen molar-refractivity contribution in [1.29, 1.82) is 0 Å². The minimum absolute atomic E-state index is 0.0107. The highest BCUT2D eigenvalue weighted by Crippen LogP contribution is 2.49. The molecule has 10 rings (SSSR count). The molecule has 0 aliphatic carbocycles. The maximum absolute atomic E-state index is 14.3. The van der Waals surface area contributed by atoms with Gasteiger partial charge < -0.3 is 43.9 Å². The fourth-order valence-electron chi connectivity index (χ4n) is 8.06. The quantitative estimate of drug-likeness (QED) is 0.110. The zero-order valence-electron chi connectivity index (χ0n) is 37.2. The molecule has 4 bridgehead atoms. The number of aliphatic carboxylic acids is 1. The molecule has 0 radical (unpaired) electrons. The van der Waals surface area contributed by atoms with Gasteiger partial charge >= 0.3 is 5.97 Å². The van der Waals surface area contributed by atoms with Crippen LogP contribution in [0, 0.1) is 12.7 Å². The third-order valence-electron chi connectivity index (χ3n) is 11.8. The second kappa shape index (κ2) is 20.8. The molecule has 3 aliphatic heterocycles. The standard InChI is InChI=1S/C50H48ClFN6O9S/c1-29-39-12-14-41(45(29)51)66-38(23-58-19-17-57(2)18-20-58)27-64-37-11-13-40(65-25-34-15-16-53-47(56-34)31-5-9-36(10-6-31)63-26-35(60)24-59)32(21-37)22-42(50(61)62)67-48-44-43(39)46(68-49(44)55-28-54-48)30-3-7-33(52)8-4-30/h3-16,21,28,35,38,42,59-60H,17-20,22-27H2,1-2H3,(H,61,62)/t35-,38-,42+/m1/s1. The summed E-state index contributed by atoms with van der Waals surface area (Å²) in [5.74, 6) is 0.666. The lowest BCUT2D eigenvalue weighted by Gasteiger charge is -2.34. The number of carbonyl (C=O) groups is 1. The van der Waals surface area contributed by atoms with Crippen molar-refractivity contribution in [2.24, 2.45) is 0 Å². The lowest BCUT2D eigenvalue weighted by atomic mass is 9.96. The van der Waals surface area contributed by atoms with Crippen LogP contribution >= 0.6 is 22.9 Å². The van der Waals surface area contributed by atoms with E-state index in [2.05, 4.69) is 31.8 Å². The number of nitrogens with zero attached hydrogens (tertiary/aromatic N) is 6. The summed E-state index contributed by atoms with van der Waals surface area (Å²) in [4.78, 5) is 37.5. The van der Waals surface area contributed by atoms with Gasteiger partial charge in [0.15, 0.2) is 5.82 Å². The van der Waals surface area contributed by atoms with E-state index in [-0.39, 0.29) is 37.9 Å². The van der Waals surface area contributed by atoms with Crippen LogP contribution in [0.4, 0.5) is 4.39 Å². The van der Waals surface area contributed by atoms with Crippen molar-refractivity contribution in [2.75, 3.05) is 59.6 Å². The Morgan fingerprint density at radius 1 is 0.956 bits per heavy atom. The zero-order valence-corrected chi connectivity index (χ0v) is 38.8. The summed E-state index contributed by atoms with van der Waals surface area (Å²) < 4.78 is 45.9. The Kier molecular flexibility index (Phi) is 14.3. The molecule has 18 heteroatoms. The first-order chi connectivity index (χ1) is 33.0. The van der Waals surface area contributed by atoms with Crippen LogP contribution in [-0.4, -0.2) is 129 Å². The minimum Gasteiger partial charge on any atom is -0.491 e. The third-order valence-corrected chi connectivity index (χ3v) is 13.4. The molecule has 3 aromatic heterocycles. The van der Waals surface area contributed by atoms with Crippen molar-refractivity contribution < 1.29 is 48.2 Å². The van der Waals surface area contributed by atoms with E-state index in [0.717, 1.165) is 31.1 Å². The third kappa shape index (κ3) is 10.6. The Labute approximate surface area is 400 Å². The maximum atomic E-state index is 14.3. The fourth-order valence-corrected chi connectivity index (χ4v) is 9.43. The molecule has 68 heavy (non-hydrogen) atoms. The Morgan fingerprint density at radius 3 is 2.50 bits per heavy atom. The van der Waals surface area contributed by atoms with Crippen molar-refractivity contribution >= 4 is 39.1 Å². The number of piperazine rings is 1. The van der Waals surface area contributed by atoms with Gasteiger partial charge in [0.05, 0.1) is 22.7 Å². The number of hydrogen-bond acceptors (Lipinski definition) is 15. The molecule has 6 heterocycles. The van der Waals surface area contributed by atoms with Gasteiger partial charge in [-0.2, -0.15) is 0 Å². The van der Waals surface area contributed by atoms with Gasteiger partial charge in [-0.05, 0) is 97.4 Å². The van der Waals surface area contributed by atoms with E-state index in [1.54, 1.807) is 66.9 Å². The highest BCUT2D eigenvalue weighted by atomic mass is 35.5. The number of halogens is 2. The van der Waals surface area contributed by atoms with E-state index in [9.17, 15) is 19.4 Å². The number of ether oxygens (including phenoxy) is 5. The summed E-state index contributed by atoms with van der Waals surface area (Å²) in [5, 5.41) is 30.4. The average Bonchev–Trinajstić information content (AvgIpc) is 3.74. The number of carboxylic acids is 1. The molecular weight excluding hydrogens is 915 g/mol. The second-order valence-electron chi connectivity index (χ2n) is 16.6. The van der Waals surface area contributed by atoms with Gasteiger partial charge in [0, 0.05) is 66.9 Å². The molecule has 7 aromatic rings. The lowest BCUT2D eigenvalue weighted by Crippen LogP contribution is -2.49. The van der Waals surface area contributed by atoms with E-state index >= 15 is 0 Å². The van der Waals surface area contributed by atoms with Crippen molar-refractivity contribution in [3.05, 3.63) is 125 Å². The van der Waals surface area contributed by atoms with Gasteiger partial charge in [-0.15, -0.1) is 11.3 Å². The first-order valence-electron chi connectivity index (χ1n) is 22.0. The largest absolute Gasteiger partial charge is 0.491 e. The maximum Gasteiger partial charge on any atom is 0.345 e. The van der Waals surface area contributed by atoms with Gasteiger partial charge in [-0.25, -0.2) is 29.1 Å². The van der Waals surface area contributed by atoms with E-state index in [1.807, 2.05) is 19.1 Å². The molecule has 15 nitrogen and oxygen atoms in total. The summed E-state index contributed by atoms with van der Waals surface area (Å²) in [5.41, 5.74) is 4.53. The number of aliphatic hydroxyl groups is 2. The molecule has 1 saturated heterocycles. The van der Waals surface area contributed by atoms with E-state index in [0.29, 0.717) is 89.7 Å². The average molecular weight is 963 g/mol. The SMILES string of the molecule is Cc1c2ccc(c1Cl)O[C@H](CN1CCN(C)CC1)COc1ccc(OCc3ccnc(-c4ccc(OC[C@H](O)CO)cc4)n3)c(c1)C[C@@H](C(=O)O)Oc1ncnc3sc(-c4ccc(F)cc4)c-2c13. The number of rotatable bonds is 12. The van der Waals surface area contributed by atoms with Crippen LogP contribution in [0.2, 0.25) is 5.02 Å². The number of aromatic nitrogens is 4. The molecule has 3 N–H and O–H groups in total. The molecule has 0 spiro atoms. The van der Waals surface area contributed by atoms with E-state index in [4.69, 9.17) is 45.4 Å². The van der Waals surface area contributed by atoms with Crippen molar-refractivity contribution in [3.8, 4) is 61.8 Å². The Hall–Kier alpha value is -6.47. The van der Waals surface area contributed by atoms with Crippen molar-refractivity contribution in [1.82, 2.24) is 29.7 Å². The Bertz CT molecular complexity index is 2900. The van der Waals surface area contributed by atoms with Crippen LogP contribution in [0.25, 0.3) is 43.2 Å². The molecule has 1 fully saturated rings. The van der Waals surface area contributed by atoms with E-state index in [1.165, 1.54) is 29.8 Å². The lowest BCUT2D eigenvalue weighted by molar-refractivity contribution is -0.145. The predicted octanol–water partition coefficient (Wildman–Crippen LogP) is 7.36. The Balaban J connectivity index is 1.08. The molecule has 0 unspecified atom stereocenters. The number of thiophene rings is 1. The summed E-state index contributed by atoms with van der Waals surface area (Å²) >= 11 is 8.58. The summed E-state index contributed by atoms with van der Waals surface area (Å²) in [6, 6.07) is 23.9. The number of benzene rings is 4. The summed E-state index contributed by atoms with van der Waals surface area (Å²) in [7, 11) is 2.10.